The molecule has 0 unspecified atom stereocenters. The van der Waals surface area contributed by atoms with Crippen LogP contribution >= 0.6 is 0 Å². The lowest BCUT2D eigenvalue weighted by molar-refractivity contribution is 0.340. The first kappa shape index (κ1) is 14.4. The molecule has 2 N–H and O–H groups in total. The van der Waals surface area contributed by atoms with E-state index in [1.807, 2.05) is 31.2 Å². The van der Waals surface area contributed by atoms with Crippen molar-refractivity contribution < 1.29 is 9.26 Å². The monoisotopic (exact) mass is 274 g/mol. The highest BCUT2D eigenvalue weighted by molar-refractivity contribution is 5.75. The van der Waals surface area contributed by atoms with Crippen LogP contribution in [0.15, 0.2) is 28.8 Å². The molecule has 0 aliphatic carbocycles. The molecule has 0 atom stereocenters. The van der Waals surface area contributed by atoms with E-state index in [1.165, 1.54) is 12.8 Å². The van der Waals surface area contributed by atoms with E-state index in [9.17, 15) is 0 Å². The Labute approximate surface area is 119 Å². The third-order valence-electron chi connectivity index (χ3n) is 3.25. The predicted octanol–water partition coefficient (Wildman–Crippen LogP) is 4.06. The smallest absolute Gasteiger partial charge is 0.175 e. The van der Waals surface area contributed by atoms with Crippen LogP contribution in [0.25, 0.3) is 11.1 Å². The number of hydrogen-bond donors (Lipinski definition) is 1. The number of aromatic nitrogens is 1. The number of aryl methyl sites for hydroxylation is 1. The summed E-state index contributed by atoms with van der Waals surface area (Å²) in [6, 6.07) is 7.89. The molecule has 0 amide bonds. The Balaban J connectivity index is 2.20. The van der Waals surface area contributed by atoms with Gasteiger partial charge < -0.3 is 15.0 Å². The minimum Gasteiger partial charge on any atom is -0.494 e. The Hall–Kier alpha value is -1.97. The fraction of sp³-hybridized carbons (Fsp3) is 0.438. The van der Waals surface area contributed by atoms with E-state index >= 15 is 0 Å². The maximum absolute atomic E-state index is 5.94. The average molecular weight is 274 g/mol. The molecule has 0 aliphatic heterocycles. The second-order valence-corrected chi connectivity index (χ2v) is 4.78. The molecule has 0 saturated heterocycles. The van der Waals surface area contributed by atoms with Gasteiger partial charge in [-0.05, 0) is 31.0 Å². The summed E-state index contributed by atoms with van der Waals surface area (Å²) in [5.41, 5.74) is 7.89. The van der Waals surface area contributed by atoms with Gasteiger partial charge in [0.1, 0.15) is 11.5 Å². The highest BCUT2D eigenvalue weighted by Crippen LogP contribution is 2.31. The number of unbranched alkanes of at least 4 members (excludes halogenated alkanes) is 2. The number of rotatable bonds is 7. The van der Waals surface area contributed by atoms with Gasteiger partial charge in [-0.1, -0.05) is 37.1 Å². The van der Waals surface area contributed by atoms with Crippen molar-refractivity contribution in [3.63, 3.8) is 0 Å². The van der Waals surface area contributed by atoms with Gasteiger partial charge in [-0.25, -0.2) is 0 Å². The zero-order valence-corrected chi connectivity index (χ0v) is 12.2. The summed E-state index contributed by atoms with van der Waals surface area (Å²) in [5.74, 6) is 2.19. The second kappa shape index (κ2) is 6.98. The molecule has 2 aromatic rings. The number of nitrogens with two attached hydrogens (primary N) is 1. The molecular formula is C16H22N2O2. The van der Waals surface area contributed by atoms with Crippen LogP contribution < -0.4 is 10.5 Å². The predicted molar refractivity (Wildman–Crippen MR) is 80.7 cm³/mol. The van der Waals surface area contributed by atoms with Gasteiger partial charge in [0.25, 0.3) is 0 Å². The molecule has 0 aliphatic rings. The molecule has 108 valence electrons. The summed E-state index contributed by atoms with van der Waals surface area (Å²) >= 11 is 0. The molecule has 0 saturated carbocycles. The van der Waals surface area contributed by atoms with E-state index in [4.69, 9.17) is 15.0 Å². The van der Waals surface area contributed by atoms with Crippen LogP contribution in [0.1, 0.15) is 38.9 Å². The third kappa shape index (κ3) is 3.32. The maximum Gasteiger partial charge on any atom is 0.175 e. The number of nitrogen functional groups attached to an aromatic ring is 1. The third-order valence-corrected chi connectivity index (χ3v) is 3.25. The molecule has 4 heteroatoms. The Morgan fingerprint density at radius 3 is 2.55 bits per heavy atom. The SMILES string of the molecule is CCCCCc1onc(N)c1-c1ccc(OCC)cc1. The maximum atomic E-state index is 5.94. The number of anilines is 1. The quantitative estimate of drug-likeness (QED) is 0.773. The summed E-state index contributed by atoms with van der Waals surface area (Å²) in [6.45, 7) is 4.82. The zero-order valence-electron chi connectivity index (χ0n) is 12.2. The van der Waals surface area contributed by atoms with E-state index in [1.54, 1.807) is 0 Å². The van der Waals surface area contributed by atoms with Crippen molar-refractivity contribution in [2.45, 2.75) is 39.5 Å². The number of nitrogens with zero attached hydrogens (tertiary/aromatic N) is 1. The number of hydrogen-bond acceptors (Lipinski definition) is 4. The number of ether oxygens (including phenoxy) is 1. The first-order chi connectivity index (χ1) is 9.76. The fourth-order valence-corrected chi connectivity index (χ4v) is 2.24. The average Bonchev–Trinajstić information content (AvgIpc) is 2.82. The summed E-state index contributed by atoms with van der Waals surface area (Å²) in [5, 5.41) is 3.90. The summed E-state index contributed by atoms with van der Waals surface area (Å²) < 4.78 is 10.8. The van der Waals surface area contributed by atoms with Gasteiger partial charge in [0.15, 0.2) is 5.82 Å². The van der Waals surface area contributed by atoms with E-state index in [0.29, 0.717) is 12.4 Å². The summed E-state index contributed by atoms with van der Waals surface area (Å²) in [6.07, 6.45) is 4.33. The van der Waals surface area contributed by atoms with Crippen molar-refractivity contribution in [3.05, 3.63) is 30.0 Å². The first-order valence-electron chi connectivity index (χ1n) is 7.23. The van der Waals surface area contributed by atoms with Crippen LogP contribution in [0.2, 0.25) is 0 Å². The van der Waals surface area contributed by atoms with Crippen LogP contribution in [-0.2, 0) is 6.42 Å². The van der Waals surface area contributed by atoms with Gasteiger partial charge in [-0.15, -0.1) is 0 Å². The molecule has 20 heavy (non-hydrogen) atoms. The lowest BCUT2D eigenvalue weighted by atomic mass is 10.0. The van der Waals surface area contributed by atoms with E-state index in [0.717, 1.165) is 35.5 Å². The molecule has 1 heterocycles. The van der Waals surface area contributed by atoms with Crippen LogP contribution in [0.4, 0.5) is 5.82 Å². The molecule has 4 nitrogen and oxygen atoms in total. The van der Waals surface area contributed by atoms with Gasteiger partial charge in [0.05, 0.1) is 12.2 Å². The molecule has 0 bridgehead atoms. The molecule has 2 rings (SSSR count). The minimum atomic E-state index is 0.459. The van der Waals surface area contributed by atoms with Crippen LogP contribution in [-0.4, -0.2) is 11.8 Å². The number of benzene rings is 1. The Morgan fingerprint density at radius 1 is 1.15 bits per heavy atom. The topological polar surface area (TPSA) is 61.3 Å². The normalized spacial score (nSPS) is 10.7. The van der Waals surface area contributed by atoms with Gasteiger partial charge in [-0.2, -0.15) is 0 Å². The largest absolute Gasteiger partial charge is 0.494 e. The Bertz CT molecular complexity index is 532. The Morgan fingerprint density at radius 2 is 1.90 bits per heavy atom. The standard InChI is InChI=1S/C16H22N2O2/c1-3-5-6-7-14-15(16(17)18-20-14)12-8-10-13(11-9-12)19-4-2/h8-11H,3-7H2,1-2H3,(H2,17,18). The van der Waals surface area contributed by atoms with Crippen molar-refractivity contribution in [2.24, 2.45) is 0 Å². The van der Waals surface area contributed by atoms with E-state index < -0.39 is 0 Å². The van der Waals surface area contributed by atoms with Crippen molar-refractivity contribution in [1.82, 2.24) is 5.16 Å². The summed E-state index contributed by atoms with van der Waals surface area (Å²) in [7, 11) is 0. The first-order valence-corrected chi connectivity index (χ1v) is 7.23. The van der Waals surface area contributed by atoms with Gasteiger partial charge in [-0.3, -0.25) is 0 Å². The van der Waals surface area contributed by atoms with E-state index in [-0.39, 0.29) is 0 Å². The highest BCUT2D eigenvalue weighted by Gasteiger charge is 2.15. The summed E-state index contributed by atoms with van der Waals surface area (Å²) in [4.78, 5) is 0. The van der Waals surface area contributed by atoms with Crippen molar-refractivity contribution in [1.29, 1.82) is 0 Å². The zero-order chi connectivity index (χ0) is 14.4. The van der Waals surface area contributed by atoms with Gasteiger partial charge >= 0.3 is 0 Å². The molecule has 0 fully saturated rings. The fourth-order valence-electron chi connectivity index (χ4n) is 2.24. The second-order valence-electron chi connectivity index (χ2n) is 4.78. The lowest BCUT2D eigenvalue weighted by Gasteiger charge is -2.05. The van der Waals surface area contributed by atoms with Crippen LogP contribution in [0.5, 0.6) is 5.75 Å². The van der Waals surface area contributed by atoms with Gasteiger partial charge in [0, 0.05) is 6.42 Å². The van der Waals surface area contributed by atoms with Crippen LogP contribution in [0, 0.1) is 0 Å². The molecule has 0 radical (unpaired) electrons. The molecule has 0 spiro atoms. The lowest BCUT2D eigenvalue weighted by Crippen LogP contribution is -1.93. The van der Waals surface area contributed by atoms with Crippen molar-refractivity contribution >= 4 is 5.82 Å². The minimum absolute atomic E-state index is 0.459. The van der Waals surface area contributed by atoms with Crippen LogP contribution in [0.3, 0.4) is 0 Å². The van der Waals surface area contributed by atoms with Crippen molar-refractivity contribution in [2.75, 3.05) is 12.3 Å². The van der Waals surface area contributed by atoms with Gasteiger partial charge in [0.2, 0.25) is 0 Å². The molecular weight excluding hydrogens is 252 g/mol. The molecule has 1 aromatic heterocycles. The van der Waals surface area contributed by atoms with E-state index in [2.05, 4.69) is 12.1 Å². The Kier molecular flexibility index (Phi) is 5.04. The highest BCUT2D eigenvalue weighted by atomic mass is 16.5. The van der Waals surface area contributed by atoms with Crippen molar-refractivity contribution in [3.8, 4) is 16.9 Å². The molecule has 1 aromatic carbocycles.